The molecule has 1 heterocycles. The van der Waals surface area contributed by atoms with Gasteiger partial charge in [0.2, 0.25) is 0 Å². The van der Waals surface area contributed by atoms with Crippen molar-refractivity contribution in [3.8, 4) is 0 Å². The van der Waals surface area contributed by atoms with Crippen LogP contribution in [0.2, 0.25) is 0 Å². The Balaban J connectivity index is 1.53. The standard InChI is InChI=1S/C30H46N2/c1-7-21(2)30-17-14-25(22-9-8-18-31-20-22)29(30,4)16-13-26-27(30)11-10-23-19-24(32(5)6)12-15-28(23,26)3/h8-9,14,18,20-21,23-24,26-27H,7,10-13,15-17,19H2,1-6H3. The maximum Gasteiger partial charge on any atom is 0.0343 e. The van der Waals surface area contributed by atoms with Crippen LogP contribution in [0.15, 0.2) is 30.6 Å². The summed E-state index contributed by atoms with van der Waals surface area (Å²) in [5.74, 6) is 3.48. The molecular formula is C30H46N2. The van der Waals surface area contributed by atoms with Gasteiger partial charge in [-0.15, -0.1) is 0 Å². The van der Waals surface area contributed by atoms with E-state index in [-0.39, 0.29) is 5.41 Å². The third-order valence-electron chi connectivity index (χ3n) is 11.7. The van der Waals surface area contributed by atoms with Crippen molar-refractivity contribution in [2.75, 3.05) is 14.1 Å². The van der Waals surface area contributed by atoms with Crippen LogP contribution in [0, 0.1) is 39.9 Å². The van der Waals surface area contributed by atoms with Crippen molar-refractivity contribution in [3.05, 3.63) is 36.2 Å². The molecule has 3 saturated carbocycles. The predicted octanol–water partition coefficient (Wildman–Crippen LogP) is 7.46. The monoisotopic (exact) mass is 434 g/mol. The van der Waals surface area contributed by atoms with Gasteiger partial charge in [-0.1, -0.05) is 46.3 Å². The maximum absolute atomic E-state index is 4.51. The zero-order valence-corrected chi connectivity index (χ0v) is 21.5. The van der Waals surface area contributed by atoms with Gasteiger partial charge in [0.05, 0.1) is 0 Å². The summed E-state index contributed by atoms with van der Waals surface area (Å²) in [6, 6.07) is 5.24. The molecule has 2 nitrogen and oxygen atoms in total. The Bertz CT molecular complexity index is 859. The lowest BCUT2D eigenvalue weighted by Crippen LogP contribution is -2.60. The number of allylic oxidation sites excluding steroid dienone is 2. The second-order valence-corrected chi connectivity index (χ2v) is 12.7. The fourth-order valence-electron chi connectivity index (χ4n) is 9.77. The topological polar surface area (TPSA) is 16.1 Å². The van der Waals surface area contributed by atoms with Crippen molar-refractivity contribution in [2.45, 2.75) is 91.5 Å². The van der Waals surface area contributed by atoms with Gasteiger partial charge in [0.1, 0.15) is 0 Å². The first-order valence-corrected chi connectivity index (χ1v) is 13.6. The number of nitrogens with zero attached hydrogens (tertiary/aromatic N) is 2. The van der Waals surface area contributed by atoms with Crippen LogP contribution in [0.1, 0.15) is 91.0 Å². The fourth-order valence-corrected chi connectivity index (χ4v) is 9.77. The Morgan fingerprint density at radius 2 is 1.91 bits per heavy atom. The summed E-state index contributed by atoms with van der Waals surface area (Å²) in [6.45, 7) is 10.4. The second kappa shape index (κ2) is 7.97. The number of rotatable bonds is 4. The summed E-state index contributed by atoms with van der Waals surface area (Å²) in [5, 5.41) is 0. The van der Waals surface area contributed by atoms with Gasteiger partial charge in [-0.2, -0.15) is 0 Å². The van der Waals surface area contributed by atoms with E-state index < -0.39 is 0 Å². The van der Waals surface area contributed by atoms with Crippen LogP contribution in [-0.2, 0) is 0 Å². The number of fused-ring (bicyclic) bond motifs is 5. The molecule has 1 aromatic heterocycles. The summed E-state index contributed by atoms with van der Waals surface area (Å²) in [4.78, 5) is 7.01. The molecule has 0 saturated heterocycles. The molecule has 0 aliphatic heterocycles. The maximum atomic E-state index is 4.51. The summed E-state index contributed by atoms with van der Waals surface area (Å²) >= 11 is 0. The molecule has 3 fully saturated rings. The summed E-state index contributed by atoms with van der Waals surface area (Å²) in [6.07, 6.45) is 19.3. The van der Waals surface area contributed by atoms with Crippen molar-refractivity contribution in [2.24, 2.45) is 39.9 Å². The van der Waals surface area contributed by atoms with E-state index in [1.165, 1.54) is 63.4 Å². The van der Waals surface area contributed by atoms with Gasteiger partial charge in [-0.3, -0.25) is 4.98 Å². The molecule has 0 spiro atoms. The number of aromatic nitrogens is 1. The largest absolute Gasteiger partial charge is 0.306 e. The van der Waals surface area contributed by atoms with Crippen molar-refractivity contribution in [1.29, 1.82) is 0 Å². The Morgan fingerprint density at radius 3 is 2.59 bits per heavy atom. The minimum absolute atomic E-state index is 0.288. The summed E-state index contributed by atoms with van der Waals surface area (Å²) < 4.78 is 0. The van der Waals surface area contributed by atoms with Gasteiger partial charge in [-0.05, 0) is 123 Å². The average Bonchev–Trinajstić information content (AvgIpc) is 3.12. The van der Waals surface area contributed by atoms with E-state index in [1.54, 1.807) is 5.57 Å². The molecule has 4 aliphatic rings. The molecule has 2 heteroatoms. The smallest absolute Gasteiger partial charge is 0.0343 e. The molecule has 0 bridgehead atoms. The minimum atomic E-state index is 0.288. The first-order chi connectivity index (χ1) is 15.3. The van der Waals surface area contributed by atoms with Crippen molar-refractivity contribution < 1.29 is 0 Å². The van der Waals surface area contributed by atoms with Crippen molar-refractivity contribution >= 4 is 5.57 Å². The first-order valence-electron chi connectivity index (χ1n) is 13.6. The number of hydrogen-bond donors (Lipinski definition) is 0. The van der Waals surface area contributed by atoms with E-state index in [0.717, 1.165) is 29.7 Å². The third kappa shape index (κ3) is 2.97. The molecular weight excluding hydrogens is 388 g/mol. The van der Waals surface area contributed by atoms with Gasteiger partial charge in [0.25, 0.3) is 0 Å². The molecule has 4 aliphatic carbocycles. The van der Waals surface area contributed by atoms with Crippen LogP contribution in [-0.4, -0.2) is 30.0 Å². The quantitative estimate of drug-likeness (QED) is 0.489. The Kier molecular flexibility index (Phi) is 5.63. The van der Waals surface area contributed by atoms with Crippen LogP contribution in [0.5, 0.6) is 0 Å². The summed E-state index contributed by atoms with van der Waals surface area (Å²) in [7, 11) is 4.60. The lowest BCUT2D eigenvalue weighted by Gasteiger charge is -2.67. The van der Waals surface area contributed by atoms with Gasteiger partial charge < -0.3 is 4.90 Å². The average molecular weight is 435 g/mol. The zero-order valence-electron chi connectivity index (χ0n) is 21.5. The van der Waals surface area contributed by atoms with Gasteiger partial charge in [0.15, 0.2) is 0 Å². The minimum Gasteiger partial charge on any atom is -0.306 e. The summed E-state index contributed by atoms with van der Waals surface area (Å²) in [5.41, 5.74) is 4.26. The van der Waals surface area contributed by atoms with Gasteiger partial charge in [0, 0.05) is 18.4 Å². The first kappa shape index (κ1) is 22.6. The highest BCUT2D eigenvalue weighted by Gasteiger charge is 2.66. The Hall–Kier alpha value is -1.15. The molecule has 0 N–H and O–H groups in total. The Morgan fingerprint density at radius 1 is 1.09 bits per heavy atom. The third-order valence-corrected chi connectivity index (χ3v) is 11.7. The Labute approximate surface area is 197 Å². The lowest BCUT2D eigenvalue weighted by molar-refractivity contribution is -0.166. The fraction of sp³-hybridized carbons (Fsp3) is 0.767. The van der Waals surface area contributed by atoms with Gasteiger partial charge in [-0.25, -0.2) is 0 Å². The van der Waals surface area contributed by atoms with Crippen LogP contribution in [0.25, 0.3) is 5.57 Å². The number of hydrogen-bond acceptors (Lipinski definition) is 2. The SMILES string of the molecule is CCC(C)C12CC=C(c3cccnc3)C1(C)CCC1C2CCC2CC(N(C)C)CCC21C. The van der Waals surface area contributed by atoms with Crippen molar-refractivity contribution in [3.63, 3.8) is 0 Å². The molecule has 1 aromatic rings. The highest BCUT2D eigenvalue weighted by molar-refractivity contribution is 5.73. The molecule has 176 valence electrons. The van der Waals surface area contributed by atoms with E-state index in [2.05, 4.69) is 76.1 Å². The van der Waals surface area contributed by atoms with Crippen LogP contribution >= 0.6 is 0 Å². The molecule has 0 aromatic carbocycles. The highest BCUT2D eigenvalue weighted by atomic mass is 15.1. The van der Waals surface area contributed by atoms with E-state index in [0.29, 0.717) is 10.8 Å². The highest BCUT2D eigenvalue weighted by Crippen LogP contribution is 2.75. The number of pyridine rings is 1. The molecule has 32 heavy (non-hydrogen) atoms. The van der Waals surface area contributed by atoms with Crippen molar-refractivity contribution in [1.82, 2.24) is 9.88 Å². The van der Waals surface area contributed by atoms with E-state index in [9.17, 15) is 0 Å². The van der Waals surface area contributed by atoms with E-state index >= 15 is 0 Å². The predicted molar refractivity (Wildman–Crippen MR) is 135 cm³/mol. The molecule has 8 unspecified atom stereocenters. The molecule has 8 atom stereocenters. The van der Waals surface area contributed by atoms with E-state index in [1.807, 2.05) is 6.20 Å². The van der Waals surface area contributed by atoms with Crippen LogP contribution < -0.4 is 0 Å². The van der Waals surface area contributed by atoms with Crippen LogP contribution in [0.4, 0.5) is 0 Å². The van der Waals surface area contributed by atoms with E-state index in [4.69, 9.17) is 0 Å². The molecule has 0 amide bonds. The molecule has 0 radical (unpaired) electrons. The normalized spacial score (nSPS) is 44.4. The van der Waals surface area contributed by atoms with Gasteiger partial charge >= 0.3 is 0 Å². The van der Waals surface area contributed by atoms with Crippen LogP contribution in [0.3, 0.4) is 0 Å². The lowest BCUT2D eigenvalue weighted by atomic mass is 9.37. The second-order valence-electron chi connectivity index (χ2n) is 12.7. The zero-order chi connectivity index (χ0) is 22.7. The molecule has 5 rings (SSSR count).